The molecule has 1 fully saturated rings. The molecule has 4 nitrogen and oxygen atoms in total. The third-order valence-electron chi connectivity index (χ3n) is 4.81. The van der Waals surface area contributed by atoms with Crippen LogP contribution in [0.5, 0.6) is 5.75 Å². The molecule has 0 amide bonds. The molecule has 4 rings (SSSR count). The lowest BCUT2D eigenvalue weighted by molar-refractivity contribution is -0.145. The fraction of sp³-hybridized carbons (Fsp3) is 0.400. The molecule has 1 aromatic carbocycles. The molecule has 0 saturated heterocycles. The molecule has 2 aromatic rings. The van der Waals surface area contributed by atoms with Gasteiger partial charge in [0.2, 0.25) is 0 Å². The van der Waals surface area contributed by atoms with Crippen LogP contribution in [0.1, 0.15) is 35.4 Å². The summed E-state index contributed by atoms with van der Waals surface area (Å²) in [4.78, 5) is 16.2. The standard InChI is InChI=1S/C20H21NO3/c22-20(18-12-17(18)16-4-1-8-21-13-16)24-9-2-3-14-5-6-19-15(11-14)7-10-23-19/h1,4-6,8,11,13,17-18H,2-3,7,9-10,12H2/t17-,18+/m0/s1. The van der Waals surface area contributed by atoms with Crippen LogP contribution in [0.25, 0.3) is 0 Å². The molecule has 0 bridgehead atoms. The molecule has 2 atom stereocenters. The van der Waals surface area contributed by atoms with Crippen LogP contribution >= 0.6 is 0 Å². The maximum absolute atomic E-state index is 12.1. The highest BCUT2D eigenvalue weighted by Gasteiger charge is 2.45. The average molecular weight is 323 g/mol. The largest absolute Gasteiger partial charge is 0.493 e. The first kappa shape index (κ1) is 15.2. The number of aromatic nitrogens is 1. The Balaban J connectivity index is 1.20. The molecule has 1 aliphatic heterocycles. The van der Waals surface area contributed by atoms with Gasteiger partial charge in [-0.2, -0.15) is 0 Å². The van der Waals surface area contributed by atoms with Gasteiger partial charge in [0.25, 0.3) is 0 Å². The van der Waals surface area contributed by atoms with Crippen LogP contribution in [0.3, 0.4) is 0 Å². The van der Waals surface area contributed by atoms with E-state index in [0.29, 0.717) is 12.5 Å². The number of aryl methyl sites for hydroxylation is 1. The van der Waals surface area contributed by atoms with Crippen LogP contribution in [0.2, 0.25) is 0 Å². The van der Waals surface area contributed by atoms with E-state index in [1.54, 1.807) is 6.20 Å². The molecule has 0 radical (unpaired) electrons. The SMILES string of the molecule is O=C(OCCCc1ccc2c(c1)CCO2)[C@@H]1C[C@H]1c1cccnc1. The second-order valence-electron chi connectivity index (χ2n) is 6.55. The van der Waals surface area contributed by atoms with E-state index in [-0.39, 0.29) is 11.9 Å². The number of benzene rings is 1. The summed E-state index contributed by atoms with van der Waals surface area (Å²) in [5, 5.41) is 0. The third kappa shape index (κ3) is 3.28. The number of hydrogen-bond acceptors (Lipinski definition) is 4. The first-order valence-electron chi connectivity index (χ1n) is 8.62. The first-order valence-corrected chi connectivity index (χ1v) is 8.62. The van der Waals surface area contributed by atoms with Gasteiger partial charge < -0.3 is 9.47 Å². The van der Waals surface area contributed by atoms with Crippen LogP contribution in [-0.2, 0) is 22.4 Å². The Kier molecular flexibility index (Phi) is 4.20. The summed E-state index contributed by atoms with van der Waals surface area (Å²) < 4.78 is 11.0. The fourth-order valence-electron chi connectivity index (χ4n) is 3.37. The molecule has 4 heteroatoms. The fourth-order valence-corrected chi connectivity index (χ4v) is 3.37. The van der Waals surface area contributed by atoms with Crippen molar-refractivity contribution in [3.63, 3.8) is 0 Å². The van der Waals surface area contributed by atoms with Gasteiger partial charge in [0.05, 0.1) is 19.1 Å². The molecule has 0 N–H and O–H groups in total. The van der Waals surface area contributed by atoms with Crippen LogP contribution in [-0.4, -0.2) is 24.2 Å². The van der Waals surface area contributed by atoms with Crippen molar-refractivity contribution in [2.75, 3.05) is 13.2 Å². The summed E-state index contributed by atoms with van der Waals surface area (Å²) in [6.07, 6.45) is 7.26. The van der Waals surface area contributed by atoms with Crippen LogP contribution in [0, 0.1) is 5.92 Å². The van der Waals surface area contributed by atoms with Gasteiger partial charge in [0, 0.05) is 18.8 Å². The van der Waals surface area contributed by atoms with Gasteiger partial charge in [-0.1, -0.05) is 18.2 Å². The van der Waals surface area contributed by atoms with Crippen molar-refractivity contribution in [1.29, 1.82) is 0 Å². The minimum atomic E-state index is -0.0637. The lowest BCUT2D eigenvalue weighted by Gasteiger charge is -2.06. The summed E-state index contributed by atoms with van der Waals surface area (Å²) in [6.45, 7) is 1.28. The molecule has 1 saturated carbocycles. The molecule has 2 heterocycles. The first-order chi connectivity index (χ1) is 11.8. The predicted octanol–water partition coefficient (Wildman–Crippen LogP) is 3.30. The Bertz CT molecular complexity index is 729. The normalized spacial score (nSPS) is 21.0. The maximum atomic E-state index is 12.1. The van der Waals surface area contributed by atoms with Crippen LogP contribution < -0.4 is 4.74 Å². The topological polar surface area (TPSA) is 48.4 Å². The lowest BCUT2D eigenvalue weighted by Crippen LogP contribution is -2.09. The van der Waals surface area contributed by atoms with E-state index in [9.17, 15) is 4.79 Å². The molecule has 1 aliphatic carbocycles. The van der Waals surface area contributed by atoms with E-state index in [4.69, 9.17) is 9.47 Å². The Hall–Kier alpha value is -2.36. The number of hydrogen-bond donors (Lipinski definition) is 0. The van der Waals surface area contributed by atoms with E-state index in [0.717, 1.165) is 43.6 Å². The van der Waals surface area contributed by atoms with Crippen molar-refractivity contribution in [1.82, 2.24) is 4.98 Å². The zero-order valence-electron chi connectivity index (χ0n) is 13.6. The minimum Gasteiger partial charge on any atom is -0.493 e. The third-order valence-corrected chi connectivity index (χ3v) is 4.81. The Labute approximate surface area is 141 Å². The number of carbonyl (C=O) groups is 1. The van der Waals surface area contributed by atoms with E-state index in [2.05, 4.69) is 17.1 Å². The van der Waals surface area contributed by atoms with E-state index in [1.165, 1.54) is 11.1 Å². The monoisotopic (exact) mass is 323 g/mol. The van der Waals surface area contributed by atoms with Crippen molar-refractivity contribution in [3.8, 4) is 5.75 Å². The van der Waals surface area contributed by atoms with Crippen molar-refractivity contribution in [3.05, 3.63) is 59.4 Å². The molecular weight excluding hydrogens is 302 g/mol. The zero-order valence-corrected chi connectivity index (χ0v) is 13.6. The van der Waals surface area contributed by atoms with Gasteiger partial charge in [-0.25, -0.2) is 0 Å². The van der Waals surface area contributed by atoms with Crippen molar-refractivity contribution in [2.45, 2.75) is 31.6 Å². The Morgan fingerprint density at radius 3 is 3.17 bits per heavy atom. The van der Waals surface area contributed by atoms with Gasteiger partial charge in [-0.05, 0) is 54.0 Å². The van der Waals surface area contributed by atoms with Crippen molar-refractivity contribution in [2.24, 2.45) is 5.92 Å². The molecular formula is C20H21NO3. The Morgan fingerprint density at radius 1 is 1.33 bits per heavy atom. The summed E-state index contributed by atoms with van der Waals surface area (Å²) in [6, 6.07) is 10.3. The van der Waals surface area contributed by atoms with Gasteiger partial charge >= 0.3 is 5.97 Å². The number of carbonyl (C=O) groups excluding carboxylic acids is 1. The highest BCUT2D eigenvalue weighted by atomic mass is 16.5. The van der Waals surface area contributed by atoms with Gasteiger partial charge in [-0.15, -0.1) is 0 Å². The lowest BCUT2D eigenvalue weighted by atomic mass is 10.1. The van der Waals surface area contributed by atoms with Gasteiger partial charge in [-0.3, -0.25) is 9.78 Å². The number of fused-ring (bicyclic) bond motifs is 1. The summed E-state index contributed by atoms with van der Waals surface area (Å²) >= 11 is 0. The second kappa shape index (κ2) is 6.63. The molecule has 0 spiro atoms. The number of rotatable bonds is 6. The molecule has 2 aliphatic rings. The molecule has 24 heavy (non-hydrogen) atoms. The summed E-state index contributed by atoms with van der Waals surface area (Å²) in [7, 11) is 0. The molecule has 124 valence electrons. The van der Waals surface area contributed by atoms with Crippen LogP contribution in [0.4, 0.5) is 0 Å². The highest BCUT2D eigenvalue weighted by molar-refractivity contribution is 5.77. The number of nitrogens with zero attached hydrogens (tertiary/aromatic N) is 1. The van der Waals surface area contributed by atoms with E-state index in [1.807, 2.05) is 24.4 Å². The molecule has 1 aromatic heterocycles. The quantitative estimate of drug-likeness (QED) is 0.604. The van der Waals surface area contributed by atoms with Gasteiger partial charge in [0.1, 0.15) is 5.75 Å². The highest BCUT2D eigenvalue weighted by Crippen LogP contribution is 2.47. The predicted molar refractivity (Wildman–Crippen MR) is 90.0 cm³/mol. The maximum Gasteiger partial charge on any atom is 0.309 e. The number of ether oxygens (including phenoxy) is 2. The van der Waals surface area contributed by atoms with Crippen LogP contribution in [0.15, 0.2) is 42.7 Å². The van der Waals surface area contributed by atoms with Crippen molar-refractivity contribution < 1.29 is 14.3 Å². The van der Waals surface area contributed by atoms with E-state index < -0.39 is 0 Å². The van der Waals surface area contributed by atoms with E-state index >= 15 is 0 Å². The van der Waals surface area contributed by atoms with Crippen molar-refractivity contribution >= 4 is 5.97 Å². The molecule has 0 unspecified atom stereocenters. The second-order valence-corrected chi connectivity index (χ2v) is 6.55. The zero-order chi connectivity index (χ0) is 16.4. The smallest absolute Gasteiger partial charge is 0.309 e. The average Bonchev–Trinajstić information content (AvgIpc) is 3.29. The number of esters is 1. The number of pyridine rings is 1. The minimum absolute atomic E-state index is 0.0198. The van der Waals surface area contributed by atoms with Gasteiger partial charge in [0.15, 0.2) is 0 Å². The Morgan fingerprint density at radius 2 is 2.29 bits per heavy atom. The summed E-state index contributed by atoms with van der Waals surface area (Å²) in [5.41, 5.74) is 3.72. The summed E-state index contributed by atoms with van der Waals surface area (Å²) in [5.74, 6) is 1.26.